The summed E-state index contributed by atoms with van der Waals surface area (Å²) in [5.74, 6) is -0.332. The molecule has 1 heterocycles. The molecule has 1 aliphatic rings. The normalized spacial score (nSPS) is 23.1. The van der Waals surface area contributed by atoms with E-state index >= 15 is 0 Å². The van der Waals surface area contributed by atoms with Gasteiger partial charge >= 0.3 is 5.97 Å². The molecule has 1 saturated heterocycles. The number of carbonyl (C=O) groups is 1. The SMILES string of the molecule is CCCC/C=C\C/C=C\CCCCCCCC(=O)OC(COCCCCCCCCC)COC1OC(CO)C(O)C(O)C1O. The van der Waals surface area contributed by atoms with Crippen LogP contribution < -0.4 is 0 Å². The Bertz CT molecular complexity index is 727. The first-order chi connectivity index (χ1) is 21.4. The lowest BCUT2D eigenvalue weighted by Gasteiger charge is -2.39. The monoisotopic (exact) mass is 628 g/mol. The molecular formula is C35H64O9. The molecule has 9 heteroatoms. The summed E-state index contributed by atoms with van der Waals surface area (Å²) in [7, 11) is 0. The third-order valence-electron chi connectivity index (χ3n) is 7.87. The molecule has 0 spiro atoms. The van der Waals surface area contributed by atoms with Gasteiger partial charge in [-0.25, -0.2) is 0 Å². The van der Waals surface area contributed by atoms with E-state index in [1.165, 1.54) is 51.4 Å². The van der Waals surface area contributed by atoms with Crippen LogP contribution in [0.5, 0.6) is 0 Å². The van der Waals surface area contributed by atoms with Crippen LogP contribution >= 0.6 is 0 Å². The summed E-state index contributed by atoms with van der Waals surface area (Å²) in [4.78, 5) is 12.6. The fourth-order valence-electron chi connectivity index (χ4n) is 5.03. The van der Waals surface area contributed by atoms with Crippen molar-refractivity contribution in [3.05, 3.63) is 24.3 Å². The lowest BCUT2D eigenvalue weighted by molar-refractivity contribution is -0.305. The Kier molecular flexibility index (Phi) is 25.8. The van der Waals surface area contributed by atoms with Gasteiger partial charge in [-0.3, -0.25) is 4.79 Å². The fraction of sp³-hybridized carbons (Fsp3) is 0.857. The summed E-state index contributed by atoms with van der Waals surface area (Å²) >= 11 is 0. The number of ether oxygens (including phenoxy) is 4. The zero-order valence-electron chi connectivity index (χ0n) is 27.7. The predicted molar refractivity (Wildman–Crippen MR) is 173 cm³/mol. The second-order valence-electron chi connectivity index (χ2n) is 12.0. The maximum absolute atomic E-state index is 12.6. The molecule has 1 rings (SSSR count). The summed E-state index contributed by atoms with van der Waals surface area (Å²) in [6.45, 7) is 4.44. The van der Waals surface area contributed by atoms with Crippen LogP contribution in [-0.4, -0.2) is 89.6 Å². The number of aliphatic hydroxyl groups excluding tert-OH is 4. The highest BCUT2D eigenvalue weighted by molar-refractivity contribution is 5.69. The number of aliphatic hydroxyl groups is 4. The average molecular weight is 629 g/mol. The van der Waals surface area contributed by atoms with Crippen LogP contribution in [0.25, 0.3) is 0 Å². The molecular weight excluding hydrogens is 564 g/mol. The molecule has 6 unspecified atom stereocenters. The van der Waals surface area contributed by atoms with Crippen molar-refractivity contribution in [1.82, 2.24) is 0 Å². The van der Waals surface area contributed by atoms with Crippen molar-refractivity contribution in [1.29, 1.82) is 0 Å². The molecule has 4 N–H and O–H groups in total. The second-order valence-corrected chi connectivity index (χ2v) is 12.0. The third-order valence-corrected chi connectivity index (χ3v) is 7.87. The minimum absolute atomic E-state index is 0.118. The summed E-state index contributed by atoms with van der Waals surface area (Å²) in [5.41, 5.74) is 0. The van der Waals surface area contributed by atoms with E-state index in [1.54, 1.807) is 0 Å². The van der Waals surface area contributed by atoms with E-state index in [0.29, 0.717) is 13.0 Å². The van der Waals surface area contributed by atoms with E-state index in [9.17, 15) is 25.2 Å². The number of esters is 1. The van der Waals surface area contributed by atoms with Crippen molar-refractivity contribution in [2.45, 2.75) is 166 Å². The number of unbranched alkanes of at least 4 members (excludes halogenated alkanes) is 13. The minimum Gasteiger partial charge on any atom is -0.457 e. The van der Waals surface area contributed by atoms with Crippen molar-refractivity contribution >= 4 is 5.97 Å². The lowest BCUT2D eigenvalue weighted by Crippen LogP contribution is -2.59. The average Bonchev–Trinajstić information content (AvgIpc) is 3.02. The molecule has 0 bridgehead atoms. The van der Waals surface area contributed by atoms with E-state index in [1.807, 2.05) is 0 Å². The Balaban J connectivity index is 2.36. The lowest BCUT2D eigenvalue weighted by atomic mass is 9.99. The van der Waals surface area contributed by atoms with E-state index in [2.05, 4.69) is 38.2 Å². The van der Waals surface area contributed by atoms with Gasteiger partial charge in [-0.05, 0) is 38.5 Å². The number of hydrogen-bond acceptors (Lipinski definition) is 9. The Labute approximate surface area is 267 Å². The predicted octanol–water partition coefficient (Wildman–Crippen LogP) is 5.91. The first-order valence-electron chi connectivity index (χ1n) is 17.4. The van der Waals surface area contributed by atoms with Gasteiger partial charge in [0.1, 0.15) is 30.5 Å². The highest BCUT2D eigenvalue weighted by Gasteiger charge is 2.44. The highest BCUT2D eigenvalue weighted by Crippen LogP contribution is 2.22. The number of carbonyl (C=O) groups excluding carboxylic acids is 1. The molecule has 0 aromatic carbocycles. The summed E-state index contributed by atoms with van der Waals surface area (Å²) in [5, 5.41) is 39.7. The maximum Gasteiger partial charge on any atom is 0.306 e. The van der Waals surface area contributed by atoms with Crippen LogP contribution in [0.3, 0.4) is 0 Å². The fourth-order valence-corrected chi connectivity index (χ4v) is 5.03. The van der Waals surface area contributed by atoms with Gasteiger partial charge in [0, 0.05) is 13.0 Å². The molecule has 0 aromatic rings. The molecule has 0 aromatic heterocycles. The Hall–Kier alpha value is -1.33. The van der Waals surface area contributed by atoms with Crippen LogP contribution in [0.4, 0.5) is 0 Å². The van der Waals surface area contributed by atoms with Crippen LogP contribution in [0.15, 0.2) is 24.3 Å². The number of rotatable bonds is 28. The maximum atomic E-state index is 12.6. The Morgan fingerprint density at radius 3 is 2.02 bits per heavy atom. The second kappa shape index (κ2) is 27.9. The zero-order valence-corrected chi connectivity index (χ0v) is 27.7. The standard InChI is InChI=1S/C35H64O9/c1-3-5-7-9-11-12-13-14-15-16-17-18-20-22-24-31(37)43-29(27-41-25-23-21-19-10-8-6-4-2)28-42-35-34(40)33(39)32(38)30(26-36)44-35/h9,11,13-14,29-30,32-36,38-40H,3-8,10,12,15-28H2,1-2H3/b11-9-,14-13-. The molecule has 1 fully saturated rings. The van der Waals surface area contributed by atoms with Gasteiger partial charge < -0.3 is 39.4 Å². The smallest absolute Gasteiger partial charge is 0.306 e. The van der Waals surface area contributed by atoms with Gasteiger partial charge in [-0.15, -0.1) is 0 Å². The molecule has 44 heavy (non-hydrogen) atoms. The first kappa shape index (κ1) is 40.7. The van der Waals surface area contributed by atoms with Gasteiger partial charge in [0.05, 0.1) is 19.8 Å². The van der Waals surface area contributed by atoms with Crippen molar-refractivity contribution in [3.8, 4) is 0 Å². The molecule has 258 valence electrons. The molecule has 0 aliphatic carbocycles. The van der Waals surface area contributed by atoms with Crippen molar-refractivity contribution < 1.29 is 44.2 Å². The van der Waals surface area contributed by atoms with Crippen molar-refractivity contribution in [2.75, 3.05) is 26.4 Å². The van der Waals surface area contributed by atoms with Gasteiger partial charge in [-0.2, -0.15) is 0 Å². The first-order valence-corrected chi connectivity index (χ1v) is 17.4. The highest BCUT2D eigenvalue weighted by atomic mass is 16.7. The molecule has 0 amide bonds. The van der Waals surface area contributed by atoms with Gasteiger partial charge in [0.15, 0.2) is 6.29 Å². The Morgan fingerprint density at radius 2 is 1.34 bits per heavy atom. The topological polar surface area (TPSA) is 135 Å². The van der Waals surface area contributed by atoms with Crippen LogP contribution in [0, 0.1) is 0 Å². The number of allylic oxidation sites excluding steroid dienone is 4. The van der Waals surface area contributed by atoms with Gasteiger partial charge in [0.2, 0.25) is 0 Å². The van der Waals surface area contributed by atoms with E-state index in [4.69, 9.17) is 18.9 Å². The van der Waals surface area contributed by atoms with Crippen LogP contribution in [-0.2, 0) is 23.7 Å². The largest absolute Gasteiger partial charge is 0.457 e. The minimum atomic E-state index is -1.53. The van der Waals surface area contributed by atoms with Crippen LogP contribution in [0.1, 0.15) is 129 Å². The molecule has 6 atom stereocenters. The molecule has 9 nitrogen and oxygen atoms in total. The Morgan fingerprint density at radius 1 is 0.727 bits per heavy atom. The van der Waals surface area contributed by atoms with Crippen LogP contribution in [0.2, 0.25) is 0 Å². The molecule has 0 saturated carbocycles. The van der Waals surface area contributed by atoms with E-state index in [-0.39, 0.29) is 19.2 Å². The quantitative estimate of drug-likeness (QED) is 0.0474. The van der Waals surface area contributed by atoms with Gasteiger partial charge in [0.25, 0.3) is 0 Å². The third kappa shape index (κ3) is 19.9. The summed E-state index contributed by atoms with van der Waals surface area (Å²) in [6, 6.07) is 0. The number of hydrogen-bond donors (Lipinski definition) is 4. The van der Waals surface area contributed by atoms with E-state index in [0.717, 1.165) is 57.8 Å². The molecule has 1 aliphatic heterocycles. The summed E-state index contributed by atoms with van der Waals surface area (Å²) < 4.78 is 22.5. The zero-order chi connectivity index (χ0) is 32.3. The van der Waals surface area contributed by atoms with Crippen molar-refractivity contribution in [2.24, 2.45) is 0 Å². The summed E-state index contributed by atoms with van der Waals surface area (Å²) in [6.07, 6.45) is 20.7. The van der Waals surface area contributed by atoms with Gasteiger partial charge in [-0.1, -0.05) is 109 Å². The molecule has 0 radical (unpaired) electrons. The van der Waals surface area contributed by atoms with Crippen molar-refractivity contribution in [3.63, 3.8) is 0 Å². The van der Waals surface area contributed by atoms with E-state index < -0.39 is 43.4 Å².